The first-order chi connectivity index (χ1) is 10.3. The summed E-state index contributed by atoms with van der Waals surface area (Å²) < 4.78 is 30.5. The summed E-state index contributed by atoms with van der Waals surface area (Å²) in [5.41, 5.74) is 0.296. The molecule has 0 bridgehead atoms. The van der Waals surface area contributed by atoms with Gasteiger partial charge >= 0.3 is 15.9 Å². The third-order valence-corrected chi connectivity index (χ3v) is 5.01. The number of nitrogens with zero attached hydrogens (tertiary/aromatic N) is 1. The van der Waals surface area contributed by atoms with Gasteiger partial charge in [-0.3, -0.25) is 19.5 Å². The molecule has 22 heavy (non-hydrogen) atoms. The lowest BCUT2D eigenvalue weighted by Gasteiger charge is -1.92. The van der Waals surface area contributed by atoms with E-state index in [4.69, 9.17) is 4.55 Å². The van der Waals surface area contributed by atoms with Crippen LogP contribution in [0.25, 0.3) is 6.08 Å². The molecule has 2 aromatic rings. The summed E-state index contributed by atoms with van der Waals surface area (Å²) in [6.45, 7) is 0. The second kappa shape index (κ2) is 6.18. The van der Waals surface area contributed by atoms with Crippen LogP contribution in [0.4, 0.5) is 5.69 Å². The van der Waals surface area contributed by atoms with Gasteiger partial charge < -0.3 is 0 Å². The Balaban J connectivity index is 2.14. The highest BCUT2D eigenvalue weighted by Crippen LogP contribution is 2.22. The van der Waals surface area contributed by atoms with Crippen LogP contribution in [0.1, 0.15) is 10.4 Å². The van der Waals surface area contributed by atoms with Crippen molar-refractivity contribution in [2.45, 2.75) is 4.21 Å². The normalized spacial score (nSPS) is 11.7. The van der Waals surface area contributed by atoms with Crippen LogP contribution in [0.2, 0.25) is 0 Å². The fraction of sp³-hybridized carbons (Fsp3) is 0. The van der Waals surface area contributed by atoms with E-state index in [1.165, 1.54) is 48.6 Å². The number of nitro groups is 1. The lowest BCUT2D eigenvalue weighted by Crippen LogP contribution is -1.96. The SMILES string of the molecule is O=[N+]([O-])c1ccc(C(=[OH+])/C=C/c2ccc(S(=O)(=O)O)s2)cc1. The summed E-state index contributed by atoms with van der Waals surface area (Å²) >= 11 is 0.845. The minimum absolute atomic E-state index is 0.0865. The van der Waals surface area contributed by atoms with Gasteiger partial charge in [0.25, 0.3) is 5.69 Å². The van der Waals surface area contributed by atoms with Crippen molar-refractivity contribution in [1.29, 1.82) is 0 Å². The van der Waals surface area contributed by atoms with Crippen molar-refractivity contribution in [3.8, 4) is 0 Å². The van der Waals surface area contributed by atoms with Crippen LogP contribution in [0.5, 0.6) is 0 Å². The molecule has 0 saturated carbocycles. The van der Waals surface area contributed by atoms with Crippen molar-refractivity contribution in [3.05, 3.63) is 63.0 Å². The number of carbonyl (C=O) groups excluding carboxylic acids is 1. The van der Waals surface area contributed by atoms with Crippen molar-refractivity contribution in [3.63, 3.8) is 0 Å². The molecule has 0 radical (unpaired) electrons. The third kappa shape index (κ3) is 3.85. The first-order valence-corrected chi connectivity index (χ1v) is 8.09. The van der Waals surface area contributed by atoms with Crippen molar-refractivity contribution >= 4 is 39.0 Å². The lowest BCUT2D eigenvalue weighted by atomic mass is 10.1. The molecule has 0 atom stereocenters. The molecule has 0 spiro atoms. The summed E-state index contributed by atoms with van der Waals surface area (Å²) in [4.78, 5) is 20.4. The maximum absolute atomic E-state index is 10.9. The average molecular weight is 340 g/mol. The van der Waals surface area contributed by atoms with Crippen LogP contribution in [-0.4, -0.2) is 28.5 Å². The van der Waals surface area contributed by atoms with E-state index in [1.54, 1.807) is 0 Å². The predicted molar refractivity (Wildman–Crippen MR) is 82.3 cm³/mol. The van der Waals surface area contributed by atoms with Crippen LogP contribution < -0.4 is 0 Å². The molecule has 2 rings (SSSR count). The molecule has 0 fully saturated rings. The molecular formula is C13H10NO6S2+. The summed E-state index contributed by atoms with van der Waals surface area (Å²) in [5.74, 6) is -0.128. The van der Waals surface area contributed by atoms with Gasteiger partial charge in [-0.05, 0) is 30.3 Å². The van der Waals surface area contributed by atoms with Crippen LogP contribution in [0.15, 0.2) is 46.7 Å². The Labute approximate surface area is 129 Å². The summed E-state index contributed by atoms with van der Waals surface area (Å²) in [6.07, 6.45) is 2.80. The monoisotopic (exact) mass is 340 g/mol. The zero-order valence-electron chi connectivity index (χ0n) is 10.9. The molecule has 9 heteroatoms. The van der Waals surface area contributed by atoms with Crippen molar-refractivity contribution in [1.82, 2.24) is 0 Å². The minimum Gasteiger partial charge on any atom is -0.281 e. The summed E-state index contributed by atoms with van der Waals surface area (Å²) in [5, 5.41) is 10.5. The highest BCUT2D eigenvalue weighted by Gasteiger charge is 2.13. The molecular weight excluding hydrogens is 330 g/mol. The maximum Gasteiger partial charge on any atom is 0.347 e. The highest BCUT2D eigenvalue weighted by molar-refractivity contribution is 7.88. The van der Waals surface area contributed by atoms with E-state index in [-0.39, 0.29) is 15.7 Å². The van der Waals surface area contributed by atoms with E-state index in [9.17, 15) is 23.3 Å². The largest absolute Gasteiger partial charge is 0.347 e. The number of hydrogen-bond donors (Lipinski definition) is 1. The van der Waals surface area contributed by atoms with Crippen LogP contribution in [-0.2, 0) is 10.1 Å². The molecule has 0 aliphatic carbocycles. The van der Waals surface area contributed by atoms with E-state index < -0.39 is 15.0 Å². The first-order valence-electron chi connectivity index (χ1n) is 5.83. The topological polar surface area (TPSA) is 119 Å². The van der Waals surface area contributed by atoms with Gasteiger partial charge in [-0.25, -0.2) is 0 Å². The number of benzene rings is 1. The smallest absolute Gasteiger partial charge is 0.281 e. The summed E-state index contributed by atoms with van der Waals surface area (Å²) in [6, 6.07) is 8.06. The Morgan fingerprint density at radius 2 is 1.86 bits per heavy atom. The van der Waals surface area contributed by atoms with Crippen molar-refractivity contribution in [2.75, 3.05) is 0 Å². The molecule has 1 aromatic carbocycles. The van der Waals surface area contributed by atoms with Gasteiger partial charge in [-0.15, -0.1) is 11.3 Å². The Kier molecular flexibility index (Phi) is 4.50. The molecule has 0 unspecified atom stereocenters. The van der Waals surface area contributed by atoms with Gasteiger partial charge in [-0.2, -0.15) is 8.42 Å². The van der Waals surface area contributed by atoms with Gasteiger partial charge in [0, 0.05) is 23.1 Å². The van der Waals surface area contributed by atoms with Crippen LogP contribution in [0.3, 0.4) is 0 Å². The number of thiophene rings is 1. The number of hydrogen-bond acceptors (Lipinski definition) is 5. The Morgan fingerprint density at radius 3 is 2.36 bits per heavy atom. The number of non-ortho nitro benzene ring substituents is 1. The summed E-state index contributed by atoms with van der Waals surface area (Å²) in [7, 11) is -4.23. The third-order valence-electron chi connectivity index (χ3n) is 2.64. The van der Waals surface area contributed by atoms with Crippen molar-refractivity contribution in [2.24, 2.45) is 0 Å². The van der Waals surface area contributed by atoms with Crippen molar-refractivity contribution < 1.29 is 22.7 Å². The fourth-order valence-electron chi connectivity index (χ4n) is 1.57. The van der Waals surface area contributed by atoms with Crippen LogP contribution >= 0.6 is 11.3 Å². The second-order valence-electron chi connectivity index (χ2n) is 4.15. The van der Waals surface area contributed by atoms with E-state index in [0.717, 1.165) is 11.3 Å². The maximum atomic E-state index is 10.9. The molecule has 7 nitrogen and oxygen atoms in total. The molecule has 114 valence electrons. The molecule has 0 aliphatic rings. The second-order valence-corrected chi connectivity index (χ2v) is 6.92. The predicted octanol–water partition coefficient (Wildman–Crippen LogP) is 2.51. The van der Waals surface area contributed by atoms with Gasteiger partial charge in [0.05, 0.1) is 10.5 Å². The van der Waals surface area contributed by atoms with E-state index in [1.807, 2.05) is 0 Å². The van der Waals surface area contributed by atoms with Gasteiger partial charge in [-0.1, -0.05) is 0 Å². The fourth-order valence-corrected chi connectivity index (χ4v) is 3.16. The molecule has 1 aromatic heterocycles. The quantitative estimate of drug-likeness (QED) is 0.224. The van der Waals surface area contributed by atoms with E-state index in [2.05, 4.69) is 0 Å². The van der Waals surface area contributed by atoms with E-state index in [0.29, 0.717) is 10.4 Å². The zero-order chi connectivity index (χ0) is 16.3. The lowest BCUT2D eigenvalue weighted by molar-refractivity contribution is -0.384. The highest BCUT2D eigenvalue weighted by atomic mass is 32.3. The molecule has 1 heterocycles. The minimum atomic E-state index is -4.23. The number of nitro benzene ring substituents is 1. The Hall–Kier alpha value is -2.36. The number of allylic oxidation sites excluding steroid dienone is 1. The first kappa shape index (κ1) is 16.0. The molecule has 0 amide bonds. The standard InChI is InChI=1S/C13H9NO6S2/c15-12(9-1-3-10(4-2-9)14(16)17)7-5-11-6-8-13(21-11)22(18,19)20/h1-8H,(H,18,19,20)/p+1/b7-5+. The Morgan fingerprint density at radius 1 is 1.23 bits per heavy atom. The van der Waals surface area contributed by atoms with Gasteiger partial charge in [0.2, 0.25) is 0 Å². The van der Waals surface area contributed by atoms with E-state index >= 15 is 0 Å². The van der Waals surface area contributed by atoms with Gasteiger partial charge in [0.15, 0.2) is 0 Å². The molecule has 2 N–H and O–H groups in total. The molecule has 0 aliphatic heterocycles. The zero-order valence-corrected chi connectivity index (χ0v) is 12.5. The number of rotatable bonds is 5. The van der Waals surface area contributed by atoms with Gasteiger partial charge in [0.1, 0.15) is 4.21 Å². The Bertz CT molecular complexity index is 849. The molecule has 0 saturated heterocycles. The average Bonchev–Trinajstić information content (AvgIpc) is 2.94. The number of ketones is 1. The van der Waals surface area contributed by atoms with Crippen LogP contribution in [0, 0.1) is 10.1 Å².